The van der Waals surface area contributed by atoms with Gasteiger partial charge in [-0.2, -0.15) is 0 Å². The Bertz CT molecular complexity index is 943. The summed E-state index contributed by atoms with van der Waals surface area (Å²) < 4.78 is 0. The predicted octanol–water partition coefficient (Wildman–Crippen LogP) is -2.16. The summed E-state index contributed by atoms with van der Waals surface area (Å²) in [4.78, 5) is 14.3. The fourth-order valence-corrected chi connectivity index (χ4v) is 3.64. The van der Waals surface area contributed by atoms with E-state index < -0.39 is 0 Å². The molecule has 1 aromatic heterocycles. The Morgan fingerprint density at radius 2 is 0.853 bits per heavy atom. The van der Waals surface area contributed by atoms with E-state index in [4.69, 9.17) is 15.0 Å². The maximum atomic E-state index is 4.80. The molecular formula is C27H31Cl3FeN3. The fraction of sp³-hybridized carbons (Fsp3) is 0.296. The molecule has 3 rings (SSSR count). The van der Waals surface area contributed by atoms with Crippen LogP contribution in [0.15, 0.2) is 64.6 Å². The molecule has 0 amide bonds. The van der Waals surface area contributed by atoms with Crippen molar-refractivity contribution in [3.8, 4) is 0 Å². The van der Waals surface area contributed by atoms with E-state index in [0.29, 0.717) is 0 Å². The molecule has 0 atom stereocenters. The summed E-state index contributed by atoms with van der Waals surface area (Å²) >= 11 is 0. The Morgan fingerprint density at radius 3 is 1.15 bits per heavy atom. The van der Waals surface area contributed by atoms with Crippen LogP contribution in [0.25, 0.3) is 0 Å². The fourth-order valence-electron chi connectivity index (χ4n) is 3.64. The van der Waals surface area contributed by atoms with Gasteiger partial charge in [0, 0.05) is 0 Å². The van der Waals surface area contributed by atoms with E-state index in [1.807, 2.05) is 30.6 Å². The first-order valence-corrected chi connectivity index (χ1v) is 11.0. The summed E-state index contributed by atoms with van der Waals surface area (Å²) in [6, 6.07) is 18.8. The number of pyridine rings is 1. The van der Waals surface area contributed by atoms with Crippen molar-refractivity contribution in [2.75, 3.05) is 0 Å². The Kier molecular flexibility index (Phi) is 18.0. The molecule has 0 spiro atoms. The monoisotopic (exact) mass is 558 g/mol. The van der Waals surface area contributed by atoms with Crippen LogP contribution in [0.1, 0.15) is 61.3 Å². The number of hydrogen-bond donors (Lipinski definition) is 0. The van der Waals surface area contributed by atoms with Gasteiger partial charge in [-0.05, 0) is 60.1 Å². The number of nitrogens with zero attached hydrogens (tertiary/aromatic N) is 3. The van der Waals surface area contributed by atoms with Crippen LogP contribution >= 0.6 is 0 Å². The minimum Gasteiger partial charge on any atom is -1.00 e. The van der Waals surface area contributed by atoms with E-state index in [1.54, 1.807) is 0 Å². The number of aromatic nitrogens is 1. The Labute approximate surface area is 233 Å². The second-order valence-electron chi connectivity index (χ2n) is 7.27. The quantitative estimate of drug-likeness (QED) is 0.229. The molecule has 0 aliphatic carbocycles. The smallest absolute Gasteiger partial charge is 1.00 e. The van der Waals surface area contributed by atoms with Gasteiger partial charge in [0.05, 0.1) is 35.2 Å². The summed E-state index contributed by atoms with van der Waals surface area (Å²) in [5.74, 6) is 0. The van der Waals surface area contributed by atoms with Crippen LogP contribution in [0, 0.1) is 0 Å². The average Bonchev–Trinajstić information content (AvgIpc) is 2.80. The maximum absolute atomic E-state index is 4.80. The first-order chi connectivity index (χ1) is 14.7. The number of aliphatic imine (C=N–C) groups is 2. The van der Waals surface area contributed by atoms with Gasteiger partial charge in [0.15, 0.2) is 0 Å². The number of halogens is 3. The molecule has 0 saturated heterocycles. The van der Waals surface area contributed by atoms with Crippen molar-refractivity contribution in [3.63, 3.8) is 0 Å². The zero-order chi connectivity index (χ0) is 21.3. The Morgan fingerprint density at radius 1 is 0.559 bits per heavy atom. The first-order valence-electron chi connectivity index (χ1n) is 11.0. The molecule has 0 unspecified atom stereocenters. The van der Waals surface area contributed by atoms with E-state index >= 15 is 0 Å². The van der Waals surface area contributed by atoms with Gasteiger partial charge in [0.1, 0.15) is 0 Å². The molecule has 7 heteroatoms. The molecular weight excluding hydrogens is 529 g/mol. The zero-order valence-electron chi connectivity index (χ0n) is 20.0. The summed E-state index contributed by atoms with van der Waals surface area (Å²) in [6.07, 6.45) is 7.61. The van der Waals surface area contributed by atoms with E-state index in [-0.39, 0.29) is 54.3 Å². The van der Waals surface area contributed by atoms with Crippen LogP contribution in [0.4, 0.5) is 11.4 Å². The second kappa shape index (κ2) is 17.7. The number of aryl methyl sites for hydroxylation is 4. The van der Waals surface area contributed by atoms with Gasteiger partial charge in [-0.3, -0.25) is 9.98 Å². The minimum absolute atomic E-state index is 0. The summed E-state index contributed by atoms with van der Waals surface area (Å²) in [6.45, 7) is 8.67. The second-order valence-corrected chi connectivity index (χ2v) is 7.27. The van der Waals surface area contributed by atoms with E-state index in [0.717, 1.165) is 48.4 Å². The molecule has 0 N–H and O–H groups in total. The van der Waals surface area contributed by atoms with Crippen LogP contribution in [-0.4, -0.2) is 17.4 Å². The van der Waals surface area contributed by atoms with E-state index in [9.17, 15) is 0 Å². The van der Waals surface area contributed by atoms with Crippen molar-refractivity contribution in [3.05, 3.63) is 88.2 Å². The molecule has 3 nitrogen and oxygen atoms in total. The largest absolute Gasteiger partial charge is 3.00 e. The van der Waals surface area contributed by atoms with E-state index in [2.05, 4.69) is 64.1 Å². The first kappa shape index (κ1) is 34.5. The SMILES string of the molecule is CCc1cccc(CC)c1N=Cc1cccc(C=Nc2c(CC)cccc2CC)n1.[Cl-].[Cl-].[Cl-].[Fe+3]. The molecule has 183 valence electrons. The van der Waals surface area contributed by atoms with Crippen LogP contribution in [0.3, 0.4) is 0 Å². The van der Waals surface area contributed by atoms with Crippen LogP contribution in [0.5, 0.6) is 0 Å². The summed E-state index contributed by atoms with van der Waals surface area (Å²) in [7, 11) is 0. The molecule has 0 saturated carbocycles. The van der Waals surface area contributed by atoms with Crippen molar-refractivity contribution in [1.29, 1.82) is 0 Å². The van der Waals surface area contributed by atoms with Gasteiger partial charge in [0.2, 0.25) is 0 Å². The van der Waals surface area contributed by atoms with Crippen molar-refractivity contribution >= 4 is 23.8 Å². The number of benzene rings is 2. The zero-order valence-corrected chi connectivity index (χ0v) is 23.4. The number of hydrogen-bond acceptors (Lipinski definition) is 3. The molecule has 0 aliphatic heterocycles. The molecule has 0 fully saturated rings. The van der Waals surface area contributed by atoms with Crippen molar-refractivity contribution < 1.29 is 54.3 Å². The third-order valence-electron chi connectivity index (χ3n) is 5.37. The predicted molar refractivity (Wildman–Crippen MR) is 129 cm³/mol. The van der Waals surface area contributed by atoms with Crippen LogP contribution in [-0.2, 0) is 42.8 Å². The molecule has 1 radical (unpaired) electrons. The van der Waals surface area contributed by atoms with Crippen molar-refractivity contribution in [2.24, 2.45) is 9.98 Å². The van der Waals surface area contributed by atoms with E-state index in [1.165, 1.54) is 22.3 Å². The van der Waals surface area contributed by atoms with Gasteiger partial charge in [-0.1, -0.05) is 70.2 Å². The van der Waals surface area contributed by atoms with Gasteiger partial charge >= 0.3 is 17.1 Å². The summed E-state index contributed by atoms with van der Waals surface area (Å²) in [5, 5.41) is 0. The minimum atomic E-state index is 0. The number of rotatable bonds is 8. The normalized spacial score (nSPS) is 10.2. The van der Waals surface area contributed by atoms with Crippen molar-refractivity contribution in [2.45, 2.75) is 53.4 Å². The molecule has 34 heavy (non-hydrogen) atoms. The maximum Gasteiger partial charge on any atom is 3.00 e. The van der Waals surface area contributed by atoms with Crippen LogP contribution in [0.2, 0.25) is 0 Å². The molecule has 0 aliphatic rings. The van der Waals surface area contributed by atoms with Gasteiger partial charge in [-0.25, -0.2) is 4.98 Å². The molecule has 3 aromatic rings. The third kappa shape index (κ3) is 8.83. The van der Waals surface area contributed by atoms with Gasteiger partial charge in [0.25, 0.3) is 0 Å². The van der Waals surface area contributed by atoms with Crippen molar-refractivity contribution in [1.82, 2.24) is 4.98 Å². The summed E-state index contributed by atoms with van der Waals surface area (Å²) in [5.41, 5.74) is 8.91. The molecule has 1 heterocycles. The standard InChI is InChI=1S/C27H31N3.3ClH.Fe/c1-5-20-12-9-13-21(6-2)26(20)28-18-24-16-11-17-25(30-24)19-29-27-22(7-3)14-10-15-23(27)8-4;;;;/h9-19H,5-8H2,1-4H3;3*1H;/q;;;;+3/p-3. The Balaban J connectivity index is 0. The Hall–Kier alpha value is -1.68. The third-order valence-corrected chi connectivity index (χ3v) is 5.37. The van der Waals surface area contributed by atoms with Crippen LogP contribution < -0.4 is 37.2 Å². The van der Waals surface area contributed by atoms with Gasteiger partial charge < -0.3 is 37.2 Å². The van der Waals surface area contributed by atoms with Gasteiger partial charge in [-0.15, -0.1) is 0 Å². The topological polar surface area (TPSA) is 37.6 Å². The average molecular weight is 560 g/mol. The number of para-hydroxylation sites is 2. The molecule has 0 bridgehead atoms. The molecule has 2 aromatic carbocycles.